The lowest BCUT2D eigenvalue weighted by Gasteiger charge is -2.21. The van der Waals surface area contributed by atoms with Gasteiger partial charge in [-0.25, -0.2) is 0 Å². The van der Waals surface area contributed by atoms with E-state index in [0.717, 1.165) is 30.5 Å². The molecule has 1 heterocycles. The monoisotopic (exact) mass is 296 g/mol. The Hall–Kier alpha value is -0.870. The number of primary amides is 1. The molecule has 17 heavy (non-hydrogen) atoms. The highest BCUT2D eigenvalue weighted by atomic mass is 79.9. The second-order valence-electron chi connectivity index (χ2n) is 5.02. The van der Waals surface area contributed by atoms with Crippen molar-refractivity contribution in [3.63, 3.8) is 0 Å². The van der Waals surface area contributed by atoms with Crippen LogP contribution in [0.2, 0.25) is 0 Å². The second kappa shape index (κ2) is 4.78. The van der Waals surface area contributed by atoms with Crippen molar-refractivity contribution in [2.45, 2.75) is 19.9 Å². The Morgan fingerprint density at radius 2 is 2.35 bits per heavy atom. The maximum Gasteiger partial charge on any atom is 0.224 e. The van der Waals surface area contributed by atoms with Crippen LogP contribution >= 0.6 is 15.9 Å². The fraction of sp³-hybridized carbons (Fsp3) is 0.462. The molecule has 1 atom stereocenters. The average Bonchev–Trinajstić information content (AvgIpc) is 2.61. The molecule has 1 aromatic carbocycles. The van der Waals surface area contributed by atoms with Crippen molar-refractivity contribution in [2.24, 2.45) is 11.1 Å². The molecule has 1 amide bonds. The summed E-state index contributed by atoms with van der Waals surface area (Å²) in [6.07, 6.45) is 0.857. The van der Waals surface area contributed by atoms with Gasteiger partial charge in [0.05, 0.1) is 5.41 Å². The number of nitrogens with two attached hydrogens (primary N) is 1. The van der Waals surface area contributed by atoms with Crippen LogP contribution in [0.25, 0.3) is 0 Å². The smallest absolute Gasteiger partial charge is 0.224 e. The number of amides is 1. The first-order chi connectivity index (χ1) is 7.99. The average molecular weight is 297 g/mol. The summed E-state index contributed by atoms with van der Waals surface area (Å²) in [4.78, 5) is 13.6. The van der Waals surface area contributed by atoms with E-state index in [1.54, 1.807) is 0 Å². The molecule has 2 rings (SSSR count). The summed E-state index contributed by atoms with van der Waals surface area (Å²) < 4.78 is 1.09. The van der Waals surface area contributed by atoms with Crippen LogP contribution in [-0.2, 0) is 11.3 Å². The van der Waals surface area contributed by atoms with E-state index >= 15 is 0 Å². The van der Waals surface area contributed by atoms with Gasteiger partial charge in [0.25, 0.3) is 0 Å². The number of benzene rings is 1. The van der Waals surface area contributed by atoms with Crippen molar-refractivity contribution in [1.29, 1.82) is 0 Å². The van der Waals surface area contributed by atoms with Crippen molar-refractivity contribution in [2.75, 3.05) is 13.1 Å². The zero-order valence-corrected chi connectivity index (χ0v) is 11.5. The number of nitrogens with zero attached hydrogens (tertiary/aromatic N) is 1. The van der Waals surface area contributed by atoms with E-state index in [2.05, 4.69) is 33.0 Å². The quantitative estimate of drug-likeness (QED) is 0.929. The van der Waals surface area contributed by atoms with Crippen molar-refractivity contribution < 1.29 is 4.79 Å². The van der Waals surface area contributed by atoms with E-state index in [1.165, 1.54) is 5.56 Å². The molecule has 0 aliphatic carbocycles. The Kier molecular flexibility index (Phi) is 3.54. The first-order valence-electron chi connectivity index (χ1n) is 5.76. The number of hydrogen-bond acceptors (Lipinski definition) is 2. The molecule has 3 nitrogen and oxygen atoms in total. The van der Waals surface area contributed by atoms with Crippen molar-refractivity contribution >= 4 is 21.8 Å². The van der Waals surface area contributed by atoms with Crippen molar-refractivity contribution in [3.05, 3.63) is 34.3 Å². The molecule has 0 bridgehead atoms. The minimum atomic E-state index is -0.355. The summed E-state index contributed by atoms with van der Waals surface area (Å²) in [7, 11) is 0. The number of halogens is 1. The summed E-state index contributed by atoms with van der Waals surface area (Å²) in [6, 6.07) is 8.26. The number of likely N-dealkylation sites (tertiary alicyclic amines) is 1. The molecular formula is C13H17BrN2O. The van der Waals surface area contributed by atoms with Gasteiger partial charge < -0.3 is 5.73 Å². The van der Waals surface area contributed by atoms with Gasteiger partial charge in [0.1, 0.15) is 0 Å². The largest absolute Gasteiger partial charge is 0.369 e. The van der Waals surface area contributed by atoms with Crippen LogP contribution in [0.3, 0.4) is 0 Å². The zero-order chi connectivity index (χ0) is 12.5. The van der Waals surface area contributed by atoms with Gasteiger partial charge in [0.15, 0.2) is 0 Å². The maximum atomic E-state index is 11.4. The highest BCUT2D eigenvalue weighted by Gasteiger charge is 2.38. The molecule has 0 spiro atoms. The van der Waals surface area contributed by atoms with Gasteiger partial charge in [-0.1, -0.05) is 28.1 Å². The molecule has 1 unspecified atom stereocenters. The van der Waals surface area contributed by atoms with Gasteiger partial charge in [-0.2, -0.15) is 0 Å². The summed E-state index contributed by atoms with van der Waals surface area (Å²) in [5.74, 6) is -0.186. The lowest BCUT2D eigenvalue weighted by molar-refractivity contribution is -0.126. The van der Waals surface area contributed by atoms with Gasteiger partial charge in [-0.05, 0) is 37.6 Å². The normalized spacial score (nSPS) is 25.1. The van der Waals surface area contributed by atoms with Crippen LogP contribution < -0.4 is 5.73 Å². The van der Waals surface area contributed by atoms with E-state index in [4.69, 9.17) is 5.73 Å². The second-order valence-corrected chi connectivity index (χ2v) is 5.93. The molecule has 1 saturated heterocycles. The molecule has 92 valence electrons. The zero-order valence-electron chi connectivity index (χ0n) is 9.95. The molecule has 0 saturated carbocycles. The van der Waals surface area contributed by atoms with Crippen LogP contribution in [0.1, 0.15) is 18.9 Å². The first-order valence-corrected chi connectivity index (χ1v) is 6.56. The third kappa shape index (κ3) is 2.87. The lowest BCUT2D eigenvalue weighted by atomic mass is 9.89. The van der Waals surface area contributed by atoms with Gasteiger partial charge in [-0.3, -0.25) is 9.69 Å². The Morgan fingerprint density at radius 3 is 2.94 bits per heavy atom. The highest BCUT2D eigenvalue weighted by molar-refractivity contribution is 9.10. The van der Waals surface area contributed by atoms with E-state index in [-0.39, 0.29) is 11.3 Å². The summed E-state index contributed by atoms with van der Waals surface area (Å²) in [6.45, 7) is 4.53. The van der Waals surface area contributed by atoms with Gasteiger partial charge >= 0.3 is 0 Å². The minimum absolute atomic E-state index is 0.186. The molecule has 4 heteroatoms. The number of carbonyl (C=O) groups excluding carboxylic acids is 1. The van der Waals surface area contributed by atoms with E-state index in [1.807, 2.05) is 19.1 Å². The first kappa shape index (κ1) is 12.6. The van der Waals surface area contributed by atoms with Crippen molar-refractivity contribution in [1.82, 2.24) is 4.90 Å². The van der Waals surface area contributed by atoms with Gasteiger partial charge in [-0.15, -0.1) is 0 Å². The predicted molar refractivity (Wildman–Crippen MR) is 71.3 cm³/mol. The van der Waals surface area contributed by atoms with Crippen LogP contribution in [0.5, 0.6) is 0 Å². The number of rotatable bonds is 3. The molecule has 1 fully saturated rings. The molecule has 1 aliphatic heterocycles. The molecule has 0 aromatic heterocycles. The molecular weight excluding hydrogens is 280 g/mol. The standard InChI is InChI=1S/C13H17BrN2O/c1-13(12(15)17)5-6-16(9-13)8-10-3-2-4-11(14)7-10/h2-4,7H,5-6,8-9H2,1H3,(H2,15,17). The maximum absolute atomic E-state index is 11.4. The summed E-state index contributed by atoms with van der Waals surface area (Å²) in [5.41, 5.74) is 6.34. The Labute approximate surface area is 110 Å². The van der Waals surface area contributed by atoms with Gasteiger partial charge in [0, 0.05) is 17.6 Å². The number of carbonyl (C=O) groups is 1. The summed E-state index contributed by atoms with van der Waals surface area (Å²) in [5, 5.41) is 0. The molecule has 1 aliphatic rings. The fourth-order valence-corrected chi connectivity index (χ4v) is 2.73. The molecule has 0 radical (unpaired) electrons. The van der Waals surface area contributed by atoms with E-state index < -0.39 is 0 Å². The Balaban J connectivity index is 2.01. The SMILES string of the molecule is CC1(C(N)=O)CCN(Cc2cccc(Br)c2)C1. The van der Waals surface area contributed by atoms with E-state index in [9.17, 15) is 4.79 Å². The summed E-state index contributed by atoms with van der Waals surface area (Å²) >= 11 is 3.46. The van der Waals surface area contributed by atoms with Crippen molar-refractivity contribution in [3.8, 4) is 0 Å². The fourth-order valence-electron chi connectivity index (χ4n) is 2.29. The predicted octanol–water partition coefficient (Wildman–Crippen LogP) is 2.15. The molecule has 1 aromatic rings. The van der Waals surface area contributed by atoms with Crippen LogP contribution in [0, 0.1) is 5.41 Å². The topological polar surface area (TPSA) is 46.3 Å². The third-order valence-electron chi connectivity index (χ3n) is 3.44. The third-order valence-corrected chi connectivity index (χ3v) is 3.94. The number of hydrogen-bond donors (Lipinski definition) is 1. The minimum Gasteiger partial charge on any atom is -0.369 e. The molecule has 2 N–H and O–H groups in total. The van der Waals surface area contributed by atoms with Gasteiger partial charge in [0.2, 0.25) is 5.91 Å². The van der Waals surface area contributed by atoms with Crippen LogP contribution in [-0.4, -0.2) is 23.9 Å². The lowest BCUT2D eigenvalue weighted by Crippen LogP contribution is -2.36. The van der Waals surface area contributed by atoms with Crippen LogP contribution in [0.4, 0.5) is 0 Å². The Bertz CT molecular complexity index is 435. The van der Waals surface area contributed by atoms with Crippen LogP contribution in [0.15, 0.2) is 28.7 Å². The van der Waals surface area contributed by atoms with E-state index in [0.29, 0.717) is 0 Å². The highest BCUT2D eigenvalue weighted by Crippen LogP contribution is 2.30. The Morgan fingerprint density at radius 1 is 1.59 bits per heavy atom.